The summed E-state index contributed by atoms with van der Waals surface area (Å²) in [6, 6.07) is 0.0490. The van der Waals surface area contributed by atoms with Crippen molar-refractivity contribution in [1.82, 2.24) is 16.0 Å². The SMILES string of the molecule is CC(O)C(NC(=O)C(N)CC(N)=O)C(=O)NC(CCCN=C(N)N)C(=O)NC(Cc1ccc(O)cc1)C(=O)O. The topological polar surface area (TPSA) is 299 Å². The summed E-state index contributed by atoms with van der Waals surface area (Å²) in [6.45, 7) is 1.30. The van der Waals surface area contributed by atoms with E-state index in [2.05, 4.69) is 20.9 Å². The largest absolute Gasteiger partial charge is 0.508 e. The second kappa shape index (κ2) is 15.7. The molecule has 0 saturated heterocycles. The fourth-order valence-corrected chi connectivity index (χ4v) is 3.35. The third-order valence-corrected chi connectivity index (χ3v) is 5.39. The van der Waals surface area contributed by atoms with Crippen molar-refractivity contribution in [2.75, 3.05) is 6.54 Å². The lowest BCUT2D eigenvalue weighted by atomic mass is 10.0. The Morgan fingerprint density at radius 1 is 0.923 bits per heavy atom. The van der Waals surface area contributed by atoms with Crippen molar-refractivity contribution in [2.24, 2.45) is 27.9 Å². The predicted octanol–water partition coefficient (Wildman–Crippen LogP) is -3.89. The molecule has 5 unspecified atom stereocenters. The van der Waals surface area contributed by atoms with E-state index in [1.807, 2.05) is 0 Å². The van der Waals surface area contributed by atoms with E-state index in [0.29, 0.717) is 5.56 Å². The van der Waals surface area contributed by atoms with Gasteiger partial charge in [-0.3, -0.25) is 24.2 Å². The van der Waals surface area contributed by atoms with Crippen LogP contribution in [0.4, 0.5) is 0 Å². The van der Waals surface area contributed by atoms with Crippen LogP contribution < -0.4 is 38.9 Å². The Morgan fingerprint density at radius 3 is 2.03 bits per heavy atom. The number of carbonyl (C=O) groups excluding carboxylic acids is 4. The molecule has 0 aliphatic rings. The second-order valence-corrected chi connectivity index (χ2v) is 8.78. The molecule has 0 aromatic heterocycles. The van der Waals surface area contributed by atoms with Gasteiger partial charge in [-0.15, -0.1) is 0 Å². The molecule has 5 atom stereocenters. The van der Waals surface area contributed by atoms with Gasteiger partial charge in [0.15, 0.2) is 5.96 Å². The van der Waals surface area contributed by atoms with Gasteiger partial charge >= 0.3 is 5.97 Å². The highest BCUT2D eigenvalue weighted by Gasteiger charge is 2.32. The van der Waals surface area contributed by atoms with Crippen LogP contribution in [0.3, 0.4) is 0 Å². The molecule has 1 aromatic rings. The van der Waals surface area contributed by atoms with Crippen LogP contribution in [-0.2, 0) is 30.4 Å². The number of hydrogen-bond acceptors (Lipinski definition) is 9. The van der Waals surface area contributed by atoms with Gasteiger partial charge in [-0.2, -0.15) is 0 Å². The molecule has 39 heavy (non-hydrogen) atoms. The summed E-state index contributed by atoms with van der Waals surface area (Å²) in [4.78, 5) is 65.0. The maximum atomic E-state index is 13.1. The van der Waals surface area contributed by atoms with E-state index in [4.69, 9.17) is 22.9 Å². The first-order valence-corrected chi connectivity index (χ1v) is 11.9. The minimum atomic E-state index is -1.57. The number of carboxylic acids is 1. The Bertz CT molecular complexity index is 1040. The number of aromatic hydroxyl groups is 1. The van der Waals surface area contributed by atoms with Crippen molar-refractivity contribution >= 4 is 35.6 Å². The molecule has 0 spiro atoms. The Balaban J connectivity index is 3.06. The number of benzene rings is 1. The summed E-state index contributed by atoms with van der Waals surface area (Å²) >= 11 is 0. The van der Waals surface area contributed by atoms with Gasteiger partial charge in [-0.1, -0.05) is 12.1 Å². The molecule has 0 fully saturated rings. The molecule has 1 rings (SSSR count). The van der Waals surface area contributed by atoms with E-state index < -0.39 is 66.3 Å². The lowest BCUT2D eigenvalue weighted by molar-refractivity contribution is -0.142. The lowest BCUT2D eigenvalue weighted by Gasteiger charge is -2.26. The average Bonchev–Trinajstić information content (AvgIpc) is 2.83. The summed E-state index contributed by atoms with van der Waals surface area (Å²) in [5.74, 6) is -5.19. The van der Waals surface area contributed by atoms with E-state index >= 15 is 0 Å². The Kier molecular flexibility index (Phi) is 13.1. The van der Waals surface area contributed by atoms with E-state index in [1.54, 1.807) is 0 Å². The van der Waals surface area contributed by atoms with Crippen LogP contribution in [0, 0.1) is 0 Å². The fourth-order valence-electron chi connectivity index (χ4n) is 3.35. The van der Waals surface area contributed by atoms with Gasteiger partial charge in [0.1, 0.15) is 23.9 Å². The third-order valence-electron chi connectivity index (χ3n) is 5.39. The molecule has 0 radical (unpaired) electrons. The summed E-state index contributed by atoms with van der Waals surface area (Å²) in [5, 5.41) is 36.1. The zero-order chi connectivity index (χ0) is 29.7. The number of carboxylic acid groups (broad SMARTS) is 1. The summed E-state index contributed by atoms with van der Waals surface area (Å²) in [6.07, 6.45) is -1.92. The van der Waals surface area contributed by atoms with Crippen LogP contribution in [-0.4, -0.2) is 87.7 Å². The van der Waals surface area contributed by atoms with Gasteiger partial charge in [0.2, 0.25) is 23.6 Å². The first-order chi connectivity index (χ1) is 18.2. The van der Waals surface area contributed by atoms with Crippen molar-refractivity contribution in [3.8, 4) is 5.75 Å². The molecule has 4 amide bonds. The number of amides is 4. The quantitative estimate of drug-likeness (QED) is 0.0537. The molecule has 216 valence electrons. The highest BCUT2D eigenvalue weighted by molar-refractivity contribution is 5.95. The Hall–Kier alpha value is -4.44. The number of phenolic OH excluding ortho intramolecular Hbond substituents is 1. The Morgan fingerprint density at radius 2 is 1.51 bits per heavy atom. The molecule has 16 nitrogen and oxygen atoms in total. The first-order valence-electron chi connectivity index (χ1n) is 11.9. The molecular formula is C23H36N8O8. The van der Waals surface area contributed by atoms with Crippen LogP contribution in [0.2, 0.25) is 0 Å². The lowest BCUT2D eigenvalue weighted by Crippen LogP contribution is -2.60. The van der Waals surface area contributed by atoms with Gasteiger partial charge < -0.3 is 54.2 Å². The van der Waals surface area contributed by atoms with Gasteiger partial charge in [0, 0.05) is 13.0 Å². The van der Waals surface area contributed by atoms with Crippen LogP contribution in [0.15, 0.2) is 29.3 Å². The van der Waals surface area contributed by atoms with Crippen molar-refractivity contribution in [3.63, 3.8) is 0 Å². The molecule has 1 aromatic carbocycles. The van der Waals surface area contributed by atoms with Gasteiger partial charge in [-0.25, -0.2) is 4.79 Å². The number of rotatable bonds is 16. The summed E-state index contributed by atoms with van der Waals surface area (Å²) < 4.78 is 0. The number of nitrogens with two attached hydrogens (primary N) is 4. The molecule has 0 aliphatic heterocycles. The highest BCUT2D eigenvalue weighted by Crippen LogP contribution is 2.12. The van der Waals surface area contributed by atoms with Gasteiger partial charge in [0.25, 0.3) is 0 Å². The molecule has 0 aliphatic carbocycles. The number of aliphatic hydroxyl groups excluding tert-OH is 1. The molecular weight excluding hydrogens is 516 g/mol. The smallest absolute Gasteiger partial charge is 0.326 e. The minimum absolute atomic E-state index is 0.0199. The predicted molar refractivity (Wildman–Crippen MR) is 139 cm³/mol. The zero-order valence-electron chi connectivity index (χ0n) is 21.4. The maximum absolute atomic E-state index is 13.1. The summed E-state index contributed by atoms with van der Waals surface area (Å²) in [5.41, 5.74) is 21.7. The van der Waals surface area contributed by atoms with Crippen molar-refractivity contribution in [3.05, 3.63) is 29.8 Å². The zero-order valence-corrected chi connectivity index (χ0v) is 21.4. The minimum Gasteiger partial charge on any atom is -0.508 e. The number of primary amides is 1. The highest BCUT2D eigenvalue weighted by atomic mass is 16.4. The van der Waals surface area contributed by atoms with Crippen LogP contribution in [0.5, 0.6) is 5.75 Å². The molecule has 16 heteroatoms. The number of nitrogens with zero attached hydrogens (tertiary/aromatic N) is 1. The number of carbonyl (C=O) groups is 5. The third kappa shape index (κ3) is 12.1. The van der Waals surface area contributed by atoms with Crippen molar-refractivity contribution in [1.29, 1.82) is 0 Å². The van der Waals surface area contributed by atoms with Crippen molar-refractivity contribution < 1.29 is 39.3 Å². The van der Waals surface area contributed by atoms with E-state index in [-0.39, 0.29) is 37.5 Å². The number of guanidine groups is 1. The van der Waals surface area contributed by atoms with Crippen LogP contribution in [0.25, 0.3) is 0 Å². The van der Waals surface area contributed by atoms with E-state index in [9.17, 15) is 39.3 Å². The maximum Gasteiger partial charge on any atom is 0.326 e. The summed E-state index contributed by atoms with van der Waals surface area (Å²) in [7, 11) is 0. The number of nitrogens with one attached hydrogen (secondary N) is 3. The fraction of sp³-hybridized carbons (Fsp3) is 0.478. The first kappa shape index (κ1) is 32.6. The second-order valence-electron chi connectivity index (χ2n) is 8.78. The van der Waals surface area contributed by atoms with Crippen molar-refractivity contribution in [2.45, 2.75) is 62.9 Å². The number of phenols is 1. The number of hydrogen-bond donors (Lipinski definition) is 10. The molecule has 14 N–H and O–H groups in total. The average molecular weight is 553 g/mol. The van der Waals surface area contributed by atoms with Crippen LogP contribution >= 0.6 is 0 Å². The standard InChI is InChI=1S/C23H36N8O8/c1-11(32)18(31-19(35)14(24)10-17(25)34)21(37)29-15(3-2-8-28-23(26)27)20(36)30-16(22(38)39)9-12-4-6-13(33)7-5-12/h4-7,11,14-16,18,32-33H,2-3,8-10,24H2,1H3,(H2,25,34)(H,29,37)(H,30,36)(H,31,35)(H,38,39)(H4,26,27,28). The number of aliphatic carboxylic acids is 1. The van der Waals surface area contributed by atoms with Gasteiger partial charge in [-0.05, 0) is 37.5 Å². The number of aliphatic imine (C=N–C) groups is 1. The van der Waals surface area contributed by atoms with Crippen LogP contribution in [0.1, 0.15) is 31.7 Å². The monoisotopic (exact) mass is 552 g/mol. The number of aliphatic hydroxyl groups is 1. The molecule has 0 bridgehead atoms. The van der Waals surface area contributed by atoms with E-state index in [0.717, 1.165) is 0 Å². The molecule has 0 heterocycles. The van der Waals surface area contributed by atoms with Gasteiger partial charge in [0.05, 0.1) is 18.6 Å². The molecule has 0 saturated carbocycles. The Labute approximate surface area is 224 Å². The van der Waals surface area contributed by atoms with E-state index in [1.165, 1.54) is 31.2 Å². The normalized spacial score (nSPS) is 14.5.